The molecule has 102 valence electrons. The third-order valence-electron chi connectivity index (χ3n) is 2.52. The summed E-state index contributed by atoms with van der Waals surface area (Å²) in [6.45, 7) is 9.04. The van der Waals surface area contributed by atoms with Crippen molar-refractivity contribution in [2.24, 2.45) is 0 Å². The Bertz CT molecular complexity index is 390. The summed E-state index contributed by atoms with van der Waals surface area (Å²) in [6.07, 6.45) is 2.09. The summed E-state index contributed by atoms with van der Waals surface area (Å²) >= 11 is 0. The SMILES string of the molecule is Cc1occc1CN(C)CCC(=O)OC(C)(C)C. The van der Waals surface area contributed by atoms with Gasteiger partial charge in [-0.2, -0.15) is 0 Å². The van der Waals surface area contributed by atoms with E-state index in [1.807, 2.05) is 40.8 Å². The van der Waals surface area contributed by atoms with Crippen molar-refractivity contribution in [3.8, 4) is 0 Å². The summed E-state index contributed by atoms with van der Waals surface area (Å²) in [6, 6.07) is 1.96. The molecular formula is C14H23NO3. The molecule has 1 aromatic heterocycles. The molecule has 4 heteroatoms. The van der Waals surface area contributed by atoms with Crippen molar-refractivity contribution in [3.05, 3.63) is 23.7 Å². The Labute approximate surface area is 109 Å². The van der Waals surface area contributed by atoms with Gasteiger partial charge in [-0.15, -0.1) is 0 Å². The van der Waals surface area contributed by atoms with Gasteiger partial charge < -0.3 is 14.1 Å². The number of hydrogen-bond donors (Lipinski definition) is 0. The molecule has 0 fully saturated rings. The predicted molar refractivity (Wildman–Crippen MR) is 70.2 cm³/mol. The van der Waals surface area contributed by atoms with Crippen molar-refractivity contribution in [1.29, 1.82) is 0 Å². The van der Waals surface area contributed by atoms with E-state index >= 15 is 0 Å². The van der Waals surface area contributed by atoms with E-state index in [0.717, 1.165) is 17.9 Å². The van der Waals surface area contributed by atoms with E-state index in [1.165, 1.54) is 0 Å². The molecule has 0 unspecified atom stereocenters. The van der Waals surface area contributed by atoms with Crippen LogP contribution in [-0.4, -0.2) is 30.1 Å². The minimum Gasteiger partial charge on any atom is -0.469 e. The van der Waals surface area contributed by atoms with Crippen molar-refractivity contribution in [1.82, 2.24) is 4.90 Å². The molecule has 1 rings (SSSR count). The molecule has 0 saturated carbocycles. The maximum Gasteiger partial charge on any atom is 0.307 e. The van der Waals surface area contributed by atoms with Gasteiger partial charge in [0.25, 0.3) is 0 Å². The van der Waals surface area contributed by atoms with Crippen molar-refractivity contribution < 1.29 is 13.9 Å². The summed E-state index contributed by atoms with van der Waals surface area (Å²) < 4.78 is 10.5. The number of hydrogen-bond acceptors (Lipinski definition) is 4. The lowest BCUT2D eigenvalue weighted by molar-refractivity contribution is -0.155. The van der Waals surface area contributed by atoms with Crippen LogP contribution in [0.15, 0.2) is 16.7 Å². The fourth-order valence-electron chi connectivity index (χ4n) is 1.62. The van der Waals surface area contributed by atoms with Crippen LogP contribution in [0.3, 0.4) is 0 Å². The molecule has 0 bridgehead atoms. The summed E-state index contributed by atoms with van der Waals surface area (Å²) in [5, 5.41) is 0. The first-order valence-corrected chi connectivity index (χ1v) is 6.21. The molecule has 0 aliphatic carbocycles. The average molecular weight is 253 g/mol. The molecule has 0 aromatic carbocycles. The van der Waals surface area contributed by atoms with Gasteiger partial charge in [-0.25, -0.2) is 0 Å². The minimum atomic E-state index is -0.406. The van der Waals surface area contributed by atoms with Gasteiger partial charge in [0.2, 0.25) is 0 Å². The van der Waals surface area contributed by atoms with Crippen LogP contribution in [0.5, 0.6) is 0 Å². The monoisotopic (exact) mass is 253 g/mol. The predicted octanol–water partition coefficient (Wildman–Crippen LogP) is 2.75. The van der Waals surface area contributed by atoms with Crippen LogP contribution in [0.4, 0.5) is 0 Å². The summed E-state index contributed by atoms with van der Waals surface area (Å²) in [5.74, 6) is 0.775. The summed E-state index contributed by atoms with van der Waals surface area (Å²) in [5.41, 5.74) is 0.748. The number of aryl methyl sites for hydroxylation is 1. The van der Waals surface area contributed by atoms with Crippen LogP contribution >= 0.6 is 0 Å². The molecule has 0 spiro atoms. The number of esters is 1. The lowest BCUT2D eigenvalue weighted by Crippen LogP contribution is -2.27. The van der Waals surface area contributed by atoms with Crippen molar-refractivity contribution in [3.63, 3.8) is 0 Å². The average Bonchev–Trinajstić information content (AvgIpc) is 2.59. The Morgan fingerprint density at radius 1 is 1.44 bits per heavy atom. The first-order chi connectivity index (χ1) is 8.28. The highest BCUT2D eigenvalue weighted by atomic mass is 16.6. The van der Waals surface area contributed by atoms with Crippen LogP contribution in [0.2, 0.25) is 0 Å². The van der Waals surface area contributed by atoms with Gasteiger partial charge in [-0.3, -0.25) is 4.79 Å². The lowest BCUT2D eigenvalue weighted by Gasteiger charge is -2.21. The molecule has 0 aliphatic heterocycles. The second-order valence-corrected chi connectivity index (χ2v) is 5.58. The highest BCUT2D eigenvalue weighted by Gasteiger charge is 2.16. The number of rotatable bonds is 5. The molecule has 1 aromatic rings. The summed E-state index contributed by atoms with van der Waals surface area (Å²) in [7, 11) is 1.98. The molecule has 0 radical (unpaired) electrons. The van der Waals surface area contributed by atoms with Gasteiger partial charge in [0, 0.05) is 18.7 Å². The Hall–Kier alpha value is -1.29. The Balaban J connectivity index is 2.31. The van der Waals surface area contributed by atoms with Crippen LogP contribution in [0.25, 0.3) is 0 Å². The molecule has 18 heavy (non-hydrogen) atoms. The smallest absolute Gasteiger partial charge is 0.307 e. The van der Waals surface area contributed by atoms with Crippen LogP contribution in [0.1, 0.15) is 38.5 Å². The Morgan fingerprint density at radius 3 is 2.61 bits per heavy atom. The number of carbonyl (C=O) groups excluding carboxylic acids is 1. The summed E-state index contributed by atoms with van der Waals surface area (Å²) in [4.78, 5) is 13.7. The fraction of sp³-hybridized carbons (Fsp3) is 0.643. The van der Waals surface area contributed by atoms with Crippen molar-refractivity contribution in [2.75, 3.05) is 13.6 Å². The van der Waals surface area contributed by atoms with E-state index in [9.17, 15) is 4.79 Å². The van der Waals surface area contributed by atoms with Gasteiger partial charge in [0.05, 0.1) is 12.7 Å². The highest BCUT2D eigenvalue weighted by molar-refractivity contribution is 5.70. The van der Waals surface area contributed by atoms with Crippen molar-refractivity contribution >= 4 is 5.97 Å². The zero-order valence-corrected chi connectivity index (χ0v) is 11.9. The molecule has 0 amide bonds. The van der Waals surface area contributed by atoms with Crippen molar-refractivity contribution in [2.45, 2.75) is 46.3 Å². The van der Waals surface area contributed by atoms with E-state index in [1.54, 1.807) is 6.26 Å². The first kappa shape index (κ1) is 14.8. The third kappa shape index (κ3) is 5.36. The normalized spacial score (nSPS) is 11.9. The zero-order valence-electron chi connectivity index (χ0n) is 11.9. The second kappa shape index (κ2) is 6.05. The largest absolute Gasteiger partial charge is 0.469 e. The first-order valence-electron chi connectivity index (χ1n) is 6.21. The van der Waals surface area contributed by atoms with Gasteiger partial charge in [-0.1, -0.05) is 0 Å². The van der Waals surface area contributed by atoms with Crippen LogP contribution < -0.4 is 0 Å². The molecule has 0 saturated heterocycles. The number of nitrogens with zero attached hydrogens (tertiary/aromatic N) is 1. The zero-order chi connectivity index (χ0) is 13.8. The van der Waals surface area contributed by atoms with Gasteiger partial charge in [-0.05, 0) is 40.8 Å². The maximum atomic E-state index is 11.6. The molecule has 1 heterocycles. The number of ether oxygens (including phenoxy) is 1. The van der Waals surface area contributed by atoms with Crippen LogP contribution in [-0.2, 0) is 16.1 Å². The van der Waals surface area contributed by atoms with E-state index in [0.29, 0.717) is 13.0 Å². The van der Waals surface area contributed by atoms with E-state index in [2.05, 4.69) is 4.90 Å². The topological polar surface area (TPSA) is 42.7 Å². The second-order valence-electron chi connectivity index (χ2n) is 5.58. The number of furan rings is 1. The van der Waals surface area contributed by atoms with Gasteiger partial charge in [0.1, 0.15) is 11.4 Å². The third-order valence-corrected chi connectivity index (χ3v) is 2.52. The lowest BCUT2D eigenvalue weighted by atomic mass is 10.2. The van der Waals surface area contributed by atoms with E-state index in [-0.39, 0.29) is 5.97 Å². The molecule has 0 N–H and O–H groups in total. The van der Waals surface area contributed by atoms with Crippen LogP contribution in [0, 0.1) is 6.92 Å². The van der Waals surface area contributed by atoms with Gasteiger partial charge in [0.15, 0.2) is 0 Å². The van der Waals surface area contributed by atoms with E-state index < -0.39 is 5.60 Å². The maximum absolute atomic E-state index is 11.6. The van der Waals surface area contributed by atoms with E-state index in [4.69, 9.17) is 9.15 Å². The standard InChI is InChI=1S/C14H23NO3/c1-11-12(7-9-17-11)10-15(5)8-6-13(16)18-14(2,3)4/h7,9H,6,8,10H2,1-5H3. The number of carbonyl (C=O) groups is 1. The Kier molecular flexibility index (Phi) is 4.96. The molecular weight excluding hydrogens is 230 g/mol. The fourth-order valence-corrected chi connectivity index (χ4v) is 1.62. The highest BCUT2D eigenvalue weighted by Crippen LogP contribution is 2.12. The van der Waals surface area contributed by atoms with Gasteiger partial charge >= 0.3 is 5.97 Å². The molecule has 0 aliphatic rings. The molecule has 4 nitrogen and oxygen atoms in total. The Morgan fingerprint density at radius 2 is 2.11 bits per heavy atom. The minimum absolute atomic E-state index is 0.154. The quantitative estimate of drug-likeness (QED) is 0.757. The molecule has 0 atom stereocenters.